The van der Waals surface area contributed by atoms with Gasteiger partial charge in [-0.05, 0) is 30.3 Å². The Hall–Kier alpha value is -2.66. The molecule has 2 heterocycles. The molecule has 2 aromatic carbocycles. The third-order valence-electron chi connectivity index (χ3n) is 3.74. The first kappa shape index (κ1) is 19.6. The van der Waals surface area contributed by atoms with Crippen LogP contribution in [0.1, 0.15) is 11.5 Å². The summed E-state index contributed by atoms with van der Waals surface area (Å²) in [5.41, 5.74) is 0.465. The summed E-state index contributed by atoms with van der Waals surface area (Å²) in [4.78, 5) is 4.19. The second-order valence-electron chi connectivity index (χ2n) is 5.76. The zero-order valence-electron chi connectivity index (χ0n) is 14.4. The minimum absolute atomic E-state index is 0.203. The highest BCUT2D eigenvalue weighted by Crippen LogP contribution is 2.31. The van der Waals surface area contributed by atoms with Crippen molar-refractivity contribution in [3.63, 3.8) is 0 Å². The minimum Gasteiger partial charge on any atom is -0.411 e. The van der Waals surface area contributed by atoms with E-state index < -0.39 is 11.7 Å². The van der Waals surface area contributed by atoms with E-state index in [2.05, 4.69) is 36.3 Å². The van der Waals surface area contributed by atoms with E-state index in [4.69, 9.17) is 8.94 Å². The largest absolute Gasteiger partial charge is 0.416 e. The van der Waals surface area contributed by atoms with Crippen LogP contribution in [-0.4, -0.2) is 20.3 Å². The molecule has 0 bridgehead atoms. The van der Waals surface area contributed by atoms with Crippen LogP contribution in [0, 0.1) is 0 Å². The molecule has 4 aromatic rings. The standard InChI is InChI=1S/C18H10BrF3N4O2S/c19-13-3-1-2-11(8-13)16-24-25-17(27-16)29-9-14-23-15(26-28-14)10-4-6-12(7-5-10)18(20,21)22/h1-8H,9H2. The van der Waals surface area contributed by atoms with Crippen LogP contribution < -0.4 is 0 Å². The van der Waals surface area contributed by atoms with E-state index in [1.165, 1.54) is 23.9 Å². The van der Waals surface area contributed by atoms with Crippen molar-refractivity contribution < 1.29 is 22.1 Å². The van der Waals surface area contributed by atoms with Gasteiger partial charge >= 0.3 is 6.18 Å². The normalized spacial score (nSPS) is 11.7. The fourth-order valence-corrected chi connectivity index (χ4v) is 3.37. The molecule has 0 atom stereocenters. The summed E-state index contributed by atoms with van der Waals surface area (Å²) < 4.78 is 49.6. The molecular formula is C18H10BrF3N4O2S. The minimum atomic E-state index is -4.39. The molecule has 2 aromatic heterocycles. The van der Waals surface area contributed by atoms with Crippen molar-refractivity contribution in [1.82, 2.24) is 20.3 Å². The van der Waals surface area contributed by atoms with Gasteiger partial charge in [0.15, 0.2) is 0 Å². The van der Waals surface area contributed by atoms with Crippen LogP contribution in [-0.2, 0) is 11.9 Å². The van der Waals surface area contributed by atoms with Crippen molar-refractivity contribution in [2.75, 3.05) is 0 Å². The molecule has 0 spiro atoms. The molecule has 0 N–H and O–H groups in total. The highest BCUT2D eigenvalue weighted by atomic mass is 79.9. The third-order valence-corrected chi connectivity index (χ3v) is 5.03. The SMILES string of the molecule is FC(F)(F)c1ccc(-c2noc(CSc3nnc(-c4cccc(Br)c4)o3)n2)cc1. The summed E-state index contributed by atoms with van der Waals surface area (Å²) >= 11 is 4.59. The van der Waals surface area contributed by atoms with Gasteiger partial charge in [-0.2, -0.15) is 18.2 Å². The van der Waals surface area contributed by atoms with E-state index in [1.54, 1.807) is 0 Å². The number of hydrogen-bond donors (Lipinski definition) is 0. The highest BCUT2D eigenvalue weighted by Gasteiger charge is 2.30. The fraction of sp³-hybridized carbons (Fsp3) is 0.111. The molecule has 0 amide bonds. The molecule has 0 aliphatic carbocycles. The number of alkyl halides is 3. The molecule has 0 fully saturated rings. The van der Waals surface area contributed by atoms with Crippen molar-refractivity contribution in [3.05, 3.63) is 64.5 Å². The van der Waals surface area contributed by atoms with Crippen LogP contribution in [0.2, 0.25) is 0 Å². The van der Waals surface area contributed by atoms with Gasteiger partial charge in [-0.3, -0.25) is 0 Å². The molecule has 0 radical (unpaired) electrons. The Bertz CT molecular complexity index is 1130. The Morgan fingerprint density at radius 2 is 1.79 bits per heavy atom. The maximum absolute atomic E-state index is 12.6. The zero-order valence-corrected chi connectivity index (χ0v) is 16.8. The summed E-state index contributed by atoms with van der Waals surface area (Å²) in [6.07, 6.45) is -4.39. The van der Waals surface area contributed by atoms with Gasteiger partial charge in [0, 0.05) is 15.6 Å². The summed E-state index contributed by atoms with van der Waals surface area (Å²) in [6, 6.07) is 12.0. The fourth-order valence-electron chi connectivity index (χ4n) is 2.37. The monoisotopic (exact) mass is 482 g/mol. The molecule has 4 rings (SSSR count). The lowest BCUT2D eigenvalue weighted by Crippen LogP contribution is -2.04. The molecular weight excluding hydrogens is 473 g/mol. The molecule has 0 saturated heterocycles. The molecule has 148 valence electrons. The van der Waals surface area contributed by atoms with Gasteiger partial charge in [-0.25, -0.2) is 0 Å². The van der Waals surface area contributed by atoms with Crippen LogP contribution in [0.3, 0.4) is 0 Å². The average Bonchev–Trinajstić information content (AvgIpc) is 3.35. The van der Waals surface area contributed by atoms with Crippen molar-refractivity contribution in [1.29, 1.82) is 0 Å². The van der Waals surface area contributed by atoms with Crippen LogP contribution in [0.4, 0.5) is 13.2 Å². The van der Waals surface area contributed by atoms with E-state index in [9.17, 15) is 13.2 Å². The molecule has 11 heteroatoms. The third kappa shape index (κ3) is 4.67. The maximum Gasteiger partial charge on any atom is 0.416 e. The Morgan fingerprint density at radius 3 is 2.52 bits per heavy atom. The van der Waals surface area contributed by atoms with Gasteiger partial charge in [-0.15, -0.1) is 10.2 Å². The summed E-state index contributed by atoms with van der Waals surface area (Å²) in [5.74, 6) is 1.14. The van der Waals surface area contributed by atoms with Crippen LogP contribution >= 0.6 is 27.7 Å². The Labute approximate surface area is 174 Å². The molecule has 29 heavy (non-hydrogen) atoms. The Morgan fingerprint density at radius 1 is 1.00 bits per heavy atom. The van der Waals surface area contributed by atoms with E-state index in [0.29, 0.717) is 16.7 Å². The molecule has 6 nitrogen and oxygen atoms in total. The van der Waals surface area contributed by atoms with Crippen molar-refractivity contribution >= 4 is 27.7 Å². The van der Waals surface area contributed by atoms with Gasteiger partial charge in [0.25, 0.3) is 5.22 Å². The number of halogens is 4. The summed E-state index contributed by atoms with van der Waals surface area (Å²) in [6.45, 7) is 0. The number of hydrogen-bond acceptors (Lipinski definition) is 7. The van der Waals surface area contributed by atoms with Crippen molar-refractivity contribution in [2.45, 2.75) is 17.2 Å². The quantitative estimate of drug-likeness (QED) is 0.329. The molecule has 0 unspecified atom stereocenters. The Balaban J connectivity index is 1.41. The smallest absolute Gasteiger partial charge is 0.411 e. The van der Waals surface area contributed by atoms with E-state index >= 15 is 0 Å². The van der Waals surface area contributed by atoms with E-state index in [1.807, 2.05) is 24.3 Å². The molecule has 0 saturated carbocycles. The summed E-state index contributed by atoms with van der Waals surface area (Å²) in [5, 5.41) is 12.1. The Kier molecular flexibility index (Phi) is 5.41. The number of rotatable bonds is 5. The van der Waals surface area contributed by atoms with Crippen LogP contribution in [0.5, 0.6) is 0 Å². The number of nitrogens with zero attached hydrogens (tertiary/aromatic N) is 4. The van der Waals surface area contributed by atoms with Gasteiger partial charge in [-0.1, -0.05) is 51.0 Å². The van der Waals surface area contributed by atoms with E-state index in [-0.39, 0.29) is 17.5 Å². The maximum atomic E-state index is 12.6. The second kappa shape index (κ2) is 7.99. The second-order valence-corrected chi connectivity index (χ2v) is 7.60. The van der Waals surface area contributed by atoms with Crippen LogP contribution in [0.15, 0.2) is 67.2 Å². The van der Waals surface area contributed by atoms with Gasteiger partial charge < -0.3 is 8.94 Å². The number of thioether (sulfide) groups is 1. The predicted molar refractivity (Wildman–Crippen MR) is 102 cm³/mol. The van der Waals surface area contributed by atoms with Gasteiger partial charge in [0.05, 0.1) is 11.3 Å². The summed E-state index contributed by atoms with van der Waals surface area (Å²) in [7, 11) is 0. The lowest BCUT2D eigenvalue weighted by Gasteiger charge is -2.05. The van der Waals surface area contributed by atoms with E-state index in [0.717, 1.165) is 22.2 Å². The van der Waals surface area contributed by atoms with Gasteiger partial charge in [0.2, 0.25) is 17.6 Å². The lowest BCUT2D eigenvalue weighted by molar-refractivity contribution is -0.137. The first-order chi connectivity index (χ1) is 13.9. The lowest BCUT2D eigenvalue weighted by atomic mass is 10.1. The zero-order chi connectivity index (χ0) is 20.4. The predicted octanol–water partition coefficient (Wildman–Crippen LogP) is 5.86. The van der Waals surface area contributed by atoms with Crippen molar-refractivity contribution in [3.8, 4) is 22.8 Å². The number of aromatic nitrogens is 4. The first-order valence-electron chi connectivity index (χ1n) is 8.11. The topological polar surface area (TPSA) is 77.8 Å². The first-order valence-corrected chi connectivity index (χ1v) is 9.89. The van der Waals surface area contributed by atoms with Crippen LogP contribution in [0.25, 0.3) is 22.8 Å². The van der Waals surface area contributed by atoms with Gasteiger partial charge in [0.1, 0.15) is 0 Å². The highest BCUT2D eigenvalue weighted by molar-refractivity contribution is 9.10. The molecule has 0 aliphatic heterocycles. The molecule has 0 aliphatic rings. The average molecular weight is 483 g/mol. The number of benzene rings is 2. The van der Waals surface area contributed by atoms with Crippen molar-refractivity contribution in [2.24, 2.45) is 0 Å².